The smallest absolute Gasteiger partial charge is 0.127 e. The van der Waals surface area contributed by atoms with Gasteiger partial charge in [0.25, 0.3) is 0 Å². The third-order valence-corrected chi connectivity index (χ3v) is 6.69. The highest BCUT2D eigenvalue weighted by atomic mass is 16.5. The first kappa shape index (κ1) is 21.2. The van der Waals surface area contributed by atoms with Crippen LogP contribution in [0.5, 0.6) is 5.75 Å². The Balaban J connectivity index is 1.25. The molecule has 5 rings (SSSR count). The molecule has 1 heterocycles. The summed E-state index contributed by atoms with van der Waals surface area (Å²) in [6, 6.07) is 28.6. The quantitative estimate of drug-likeness (QED) is 0.531. The predicted octanol–water partition coefficient (Wildman–Crippen LogP) is 4.41. The molecule has 4 heteroatoms. The van der Waals surface area contributed by atoms with Gasteiger partial charge < -0.3 is 20.7 Å². The van der Waals surface area contributed by atoms with Crippen molar-refractivity contribution < 1.29 is 4.74 Å². The number of ether oxygens (including phenoxy) is 1. The van der Waals surface area contributed by atoms with Gasteiger partial charge in [-0.1, -0.05) is 66.7 Å². The molecule has 0 aromatic heterocycles. The summed E-state index contributed by atoms with van der Waals surface area (Å²) in [4.78, 5) is 2.47. The minimum absolute atomic E-state index is 0.364. The van der Waals surface area contributed by atoms with Gasteiger partial charge in [0.15, 0.2) is 0 Å². The number of hydrogen-bond donors (Lipinski definition) is 2. The van der Waals surface area contributed by atoms with E-state index in [4.69, 9.17) is 10.5 Å². The molecule has 0 amide bonds. The van der Waals surface area contributed by atoms with Crippen LogP contribution in [0.1, 0.15) is 29.9 Å². The van der Waals surface area contributed by atoms with Crippen molar-refractivity contribution in [2.24, 2.45) is 5.73 Å². The average molecular weight is 428 g/mol. The molecule has 3 atom stereocenters. The van der Waals surface area contributed by atoms with E-state index in [2.05, 4.69) is 83.0 Å². The van der Waals surface area contributed by atoms with Crippen molar-refractivity contribution in [3.05, 3.63) is 90.0 Å². The number of nitrogens with one attached hydrogen (secondary N) is 1. The van der Waals surface area contributed by atoms with Crippen molar-refractivity contribution in [3.63, 3.8) is 0 Å². The maximum absolute atomic E-state index is 6.26. The zero-order chi connectivity index (χ0) is 21.8. The average Bonchev–Trinajstić information content (AvgIpc) is 3.50. The molecule has 1 unspecified atom stereocenters. The van der Waals surface area contributed by atoms with Crippen LogP contribution in [0, 0.1) is 0 Å². The van der Waals surface area contributed by atoms with Gasteiger partial charge in [0.2, 0.25) is 0 Å². The molecule has 3 N–H and O–H groups in total. The number of hydrogen-bond acceptors (Lipinski definition) is 4. The monoisotopic (exact) mass is 427 g/mol. The fraction of sp³-hybridized carbons (Fsp3) is 0.357. The van der Waals surface area contributed by atoms with E-state index in [1.54, 1.807) is 0 Å². The lowest BCUT2D eigenvalue weighted by Crippen LogP contribution is -2.33. The molecule has 32 heavy (non-hydrogen) atoms. The van der Waals surface area contributed by atoms with Crippen molar-refractivity contribution >= 4 is 0 Å². The summed E-state index contributed by atoms with van der Waals surface area (Å²) in [6.45, 7) is 4.90. The summed E-state index contributed by atoms with van der Waals surface area (Å²) in [5, 5.41) is 3.75. The number of nitrogens with two attached hydrogens (primary N) is 1. The van der Waals surface area contributed by atoms with Crippen LogP contribution in [0.4, 0.5) is 0 Å². The van der Waals surface area contributed by atoms with E-state index < -0.39 is 0 Å². The van der Waals surface area contributed by atoms with Crippen molar-refractivity contribution in [1.29, 1.82) is 0 Å². The zero-order valence-corrected chi connectivity index (χ0v) is 18.6. The van der Waals surface area contributed by atoms with Crippen LogP contribution in [-0.4, -0.2) is 43.2 Å². The Kier molecular flexibility index (Phi) is 6.54. The first-order chi connectivity index (χ1) is 15.8. The predicted molar refractivity (Wildman–Crippen MR) is 131 cm³/mol. The van der Waals surface area contributed by atoms with Gasteiger partial charge in [0, 0.05) is 43.2 Å². The Hall–Kier alpha value is -2.66. The van der Waals surface area contributed by atoms with Crippen LogP contribution in [0.25, 0.3) is 11.1 Å². The van der Waals surface area contributed by atoms with E-state index in [-0.39, 0.29) is 0 Å². The van der Waals surface area contributed by atoms with Gasteiger partial charge in [-0.05, 0) is 48.2 Å². The molecular formula is C28H33N3O. The molecule has 1 saturated carbocycles. The molecule has 4 nitrogen and oxygen atoms in total. The Labute approximate surface area is 191 Å². The maximum atomic E-state index is 6.26. The second-order valence-corrected chi connectivity index (χ2v) is 9.15. The SMILES string of the molecule is NC1CCN(CCN[C@@H]2C[C@H]2c2ccc(OCc3ccccc3)c(-c3ccccc3)c2)C1. The number of rotatable bonds is 9. The second kappa shape index (κ2) is 9.86. The van der Waals surface area contributed by atoms with Crippen LogP contribution in [0.2, 0.25) is 0 Å². The zero-order valence-electron chi connectivity index (χ0n) is 18.6. The minimum Gasteiger partial charge on any atom is -0.488 e. The molecule has 2 aliphatic rings. The molecule has 0 radical (unpaired) electrons. The third-order valence-electron chi connectivity index (χ3n) is 6.69. The van der Waals surface area contributed by atoms with Crippen molar-refractivity contribution in [3.8, 4) is 16.9 Å². The molecule has 2 fully saturated rings. The van der Waals surface area contributed by atoms with Crippen molar-refractivity contribution in [2.45, 2.75) is 37.5 Å². The Morgan fingerprint density at radius 1 is 0.969 bits per heavy atom. The van der Waals surface area contributed by atoms with E-state index >= 15 is 0 Å². The highest BCUT2D eigenvalue weighted by Gasteiger charge is 2.38. The molecule has 166 valence electrons. The van der Waals surface area contributed by atoms with Gasteiger partial charge in [-0.2, -0.15) is 0 Å². The van der Waals surface area contributed by atoms with Gasteiger partial charge in [-0.3, -0.25) is 0 Å². The van der Waals surface area contributed by atoms with E-state index in [9.17, 15) is 0 Å². The van der Waals surface area contributed by atoms with Gasteiger partial charge in [-0.15, -0.1) is 0 Å². The standard InChI is InChI=1S/C28H33N3O/c29-24-13-15-31(19-24)16-14-30-27-18-25(27)23-11-12-28(32-20-21-7-3-1-4-8-21)26(17-23)22-9-5-2-6-10-22/h1-12,17,24-25,27,30H,13-16,18-20,29H2/t24?,25-,27+/m0/s1. The third kappa shape index (κ3) is 5.21. The maximum Gasteiger partial charge on any atom is 0.127 e. The molecule has 0 bridgehead atoms. The normalized spacial score (nSPS) is 22.7. The first-order valence-corrected chi connectivity index (χ1v) is 11.8. The van der Waals surface area contributed by atoms with Crippen LogP contribution in [0.3, 0.4) is 0 Å². The molecule has 1 saturated heterocycles. The van der Waals surface area contributed by atoms with E-state index in [0.717, 1.165) is 38.3 Å². The lowest BCUT2D eigenvalue weighted by atomic mass is 9.99. The molecule has 0 spiro atoms. The van der Waals surface area contributed by atoms with Gasteiger partial charge in [0.05, 0.1) is 0 Å². The summed E-state index contributed by atoms with van der Waals surface area (Å²) in [7, 11) is 0. The molecule has 1 aliphatic heterocycles. The Bertz CT molecular complexity index is 1010. The summed E-state index contributed by atoms with van der Waals surface area (Å²) in [5.41, 5.74) is 11.0. The van der Waals surface area contributed by atoms with Gasteiger partial charge in [0.1, 0.15) is 12.4 Å². The summed E-state index contributed by atoms with van der Waals surface area (Å²) in [5.74, 6) is 1.53. The molecule has 3 aromatic rings. The number of likely N-dealkylation sites (tertiary alicyclic amines) is 1. The summed E-state index contributed by atoms with van der Waals surface area (Å²) in [6.07, 6.45) is 2.34. The Morgan fingerprint density at radius 3 is 2.50 bits per heavy atom. The molecule has 1 aliphatic carbocycles. The minimum atomic E-state index is 0.364. The van der Waals surface area contributed by atoms with Crippen LogP contribution >= 0.6 is 0 Å². The van der Waals surface area contributed by atoms with E-state index in [0.29, 0.717) is 24.6 Å². The van der Waals surface area contributed by atoms with E-state index in [1.165, 1.54) is 28.7 Å². The highest BCUT2D eigenvalue weighted by Crippen LogP contribution is 2.43. The topological polar surface area (TPSA) is 50.5 Å². The fourth-order valence-corrected chi connectivity index (χ4v) is 4.75. The fourth-order valence-electron chi connectivity index (χ4n) is 4.75. The van der Waals surface area contributed by atoms with Crippen molar-refractivity contribution in [2.75, 3.05) is 26.2 Å². The summed E-state index contributed by atoms with van der Waals surface area (Å²) >= 11 is 0. The van der Waals surface area contributed by atoms with Crippen molar-refractivity contribution in [1.82, 2.24) is 10.2 Å². The number of nitrogens with zero attached hydrogens (tertiary/aromatic N) is 1. The summed E-state index contributed by atoms with van der Waals surface area (Å²) < 4.78 is 6.26. The lowest BCUT2D eigenvalue weighted by molar-refractivity contribution is 0.307. The lowest BCUT2D eigenvalue weighted by Gasteiger charge is -2.16. The molecule has 3 aromatic carbocycles. The van der Waals surface area contributed by atoms with Crippen LogP contribution in [-0.2, 0) is 6.61 Å². The largest absolute Gasteiger partial charge is 0.488 e. The number of benzene rings is 3. The van der Waals surface area contributed by atoms with Crippen LogP contribution < -0.4 is 15.8 Å². The molecular weight excluding hydrogens is 394 g/mol. The van der Waals surface area contributed by atoms with E-state index in [1.807, 2.05) is 6.07 Å². The van der Waals surface area contributed by atoms with Gasteiger partial charge in [-0.25, -0.2) is 0 Å². The highest BCUT2D eigenvalue weighted by molar-refractivity contribution is 5.71. The second-order valence-electron chi connectivity index (χ2n) is 9.15. The first-order valence-electron chi connectivity index (χ1n) is 11.8. The Morgan fingerprint density at radius 2 is 1.75 bits per heavy atom. The van der Waals surface area contributed by atoms with Crippen LogP contribution in [0.15, 0.2) is 78.9 Å². The van der Waals surface area contributed by atoms with Gasteiger partial charge >= 0.3 is 0 Å².